The lowest BCUT2D eigenvalue weighted by Crippen LogP contribution is -2.42. The third-order valence-corrected chi connectivity index (χ3v) is 12.7. The van der Waals surface area contributed by atoms with Crippen molar-refractivity contribution in [1.82, 2.24) is 28.8 Å². The first-order chi connectivity index (χ1) is 24.7. The highest BCUT2D eigenvalue weighted by atomic mass is 32.2. The lowest BCUT2D eigenvalue weighted by molar-refractivity contribution is -0.137. The Balaban J connectivity index is 1.22. The summed E-state index contributed by atoms with van der Waals surface area (Å²) in [7, 11) is -1.04. The van der Waals surface area contributed by atoms with Crippen LogP contribution in [0.25, 0.3) is 22.2 Å². The van der Waals surface area contributed by atoms with E-state index >= 15 is 0 Å². The summed E-state index contributed by atoms with van der Waals surface area (Å²) in [5, 5.41) is 1.06. The lowest BCUT2D eigenvalue weighted by atomic mass is 9.81. The number of ether oxygens (including phenoxy) is 1. The fourth-order valence-corrected chi connectivity index (χ4v) is 9.52. The Kier molecular flexibility index (Phi) is 8.88. The van der Waals surface area contributed by atoms with Gasteiger partial charge in [-0.05, 0) is 84.7 Å². The van der Waals surface area contributed by atoms with Crippen LogP contribution < -0.4 is 14.2 Å². The predicted molar refractivity (Wildman–Crippen MR) is 196 cm³/mol. The molecule has 11 nitrogen and oxygen atoms in total. The maximum absolute atomic E-state index is 15.0. The zero-order valence-electron chi connectivity index (χ0n) is 29.4. The summed E-state index contributed by atoms with van der Waals surface area (Å²) in [6.45, 7) is 4.38. The molecule has 1 saturated heterocycles. The summed E-state index contributed by atoms with van der Waals surface area (Å²) in [6.07, 6.45) is 11.0. The molecular weight excluding hydrogens is 665 g/mol. The monoisotopic (exact) mass is 710 g/mol. The Morgan fingerprint density at radius 2 is 1.84 bits per heavy atom. The molecule has 2 aromatic heterocycles. The number of rotatable bonds is 8. The molecule has 12 heteroatoms. The Morgan fingerprint density at radius 1 is 1.00 bits per heavy atom. The molecule has 2 saturated carbocycles. The van der Waals surface area contributed by atoms with Crippen molar-refractivity contribution in [2.24, 2.45) is 5.41 Å². The van der Waals surface area contributed by atoms with Gasteiger partial charge in [0.2, 0.25) is 5.91 Å². The van der Waals surface area contributed by atoms with E-state index in [0.29, 0.717) is 25.6 Å². The maximum Gasteiger partial charge on any atom is 0.301 e. The van der Waals surface area contributed by atoms with E-state index in [0.717, 1.165) is 91.6 Å². The van der Waals surface area contributed by atoms with Gasteiger partial charge in [-0.25, -0.2) is 9.44 Å². The molecule has 0 bridgehead atoms. The zero-order valence-corrected chi connectivity index (χ0v) is 30.2. The number of carbonyl (C=O) groups is 2. The predicted octanol–water partition coefficient (Wildman–Crippen LogP) is 5.18. The van der Waals surface area contributed by atoms with Crippen molar-refractivity contribution >= 4 is 32.9 Å². The van der Waals surface area contributed by atoms with Crippen molar-refractivity contribution in [1.29, 1.82) is 0 Å². The summed E-state index contributed by atoms with van der Waals surface area (Å²) in [5.74, 6) is 0.638. The molecule has 0 spiro atoms. The van der Waals surface area contributed by atoms with Crippen LogP contribution in [0.15, 0.2) is 60.9 Å². The molecular formula is C39H46N6O5S. The molecule has 51 heavy (non-hydrogen) atoms. The van der Waals surface area contributed by atoms with E-state index < -0.39 is 21.5 Å². The average molecular weight is 711 g/mol. The van der Waals surface area contributed by atoms with Crippen molar-refractivity contribution in [3.05, 3.63) is 83.2 Å². The first-order valence-corrected chi connectivity index (χ1v) is 19.7. The molecule has 2 unspecified atom stereocenters. The third kappa shape index (κ3) is 6.21. The molecule has 2 atom stereocenters. The van der Waals surface area contributed by atoms with Crippen molar-refractivity contribution in [2.75, 3.05) is 40.3 Å². The highest BCUT2D eigenvalue weighted by molar-refractivity contribution is 7.88. The van der Waals surface area contributed by atoms with Crippen LogP contribution in [0.1, 0.15) is 83.8 Å². The SMILES string of the molecule is CNS(=O)(=O)NC(=O)c1ccc2c(C3CCCCC3)c3n(c2c1)CC1(C(=O)N2CCCN(Cc4cccnc4)CC2)CC1c1cc(OC)ccc1-3. The van der Waals surface area contributed by atoms with Gasteiger partial charge in [0.05, 0.1) is 18.2 Å². The van der Waals surface area contributed by atoms with Crippen LogP contribution in [0.2, 0.25) is 0 Å². The van der Waals surface area contributed by atoms with Crippen molar-refractivity contribution < 1.29 is 22.7 Å². The van der Waals surface area contributed by atoms with E-state index in [2.05, 4.69) is 47.0 Å². The van der Waals surface area contributed by atoms with Crippen molar-refractivity contribution in [3.63, 3.8) is 0 Å². The number of pyridine rings is 1. The number of benzene rings is 2. The summed E-state index contributed by atoms with van der Waals surface area (Å²) < 4.78 is 36.9. The summed E-state index contributed by atoms with van der Waals surface area (Å²) in [6, 6.07) is 15.9. The molecule has 2 aliphatic carbocycles. The lowest BCUT2D eigenvalue weighted by Gasteiger charge is -2.28. The van der Waals surface area contributed by atoms with Crippen LogP contribution in [0.5, 0.6) is 5.75 Å². The molecule has 2 aliphatic heterocycles. The number of hydrogen-bond donors (Lipinski definition) is 2. The van der Waals surface area contributed by atoms with Gasteiger partial charge in [-0.15, -0.1) is 0 Å². The van der Waals surface area contributed by atoms with Crippen LogP contribution in [-0.2, 0) is 28.1 Å². The number of nitrogens with zero attached hydrogens (tertiary/aromatic N) is 4. The zero-order chi connectivity index (χ0) is 35.3. The Bertz CT molecular complexity index is 2090. The number of methoxy groups -OCH3 is 1. The molecule has 2 N–H and O–H groups in total. The van der Waals surface area contributed by atoms with Gasteiger partial charge in [0.25, 0.3) is 5.91 Å². The van der Waals surface area contributed by atoms with E-state index in [4.69, 9.17) is 4.74 Å². The van der Waals surface area contributed by atoms with Crippen LogP contribution in [0, 0.1) is 5.41 Å². The van der Waals surface area contributed by atoms with Gasteiger partial charge < -0.3 is 14.2 Å². The third-order valence-electron chi connectivity index (χ3n) is 11.7. The maximum atomic E-state index is 15.0. The Morgan fingerprint density at radius 3 is 2.61 bits per heavy atom. The highest BCUT2D eigenvalue weighted by Crippen LogP contribution is 2.66. The first kappa shape index (κ1) is 33.9. The van der Waals surface area contributed by atoms with Gasteiger partial charge >= 0.3 is 10.2 Å². The Labute approximate surface area is 299 Å². The van der Waals surface area contributed by atoms with Crippen LogP contribution in [-0.4, -0.2) is 79.9 Å². The van der Waals surface area contributed by atoms with E-state index in [9.17, 15) is 18.0 Å². The number of nitrogens with one attached hydrogen (secondary N) is 2. The molecule has 3 fully saturated rings. The van der Waals surface area contributed by atoms with E-state index in [1.807, 2.05) is 30.5 Å². The quantitative estimate of drug-likeness (QED) is 0.258. The molecule has 2 amide bonds. The van der Waals surface area contributed by atoms with Gasteiger partial charge in [0.1, 0.15) is 5.75 Å². The van der Waals surface area contributed by atoms with E-state index in [1.54, 1.807) is 19.4 Å². The number of aromatic nitrogens is 2. The van der Waals surface area contributed by atoms with Gasteiger partial charge in [-0.3, -0.25) is 19.5 Å². The Hall–Kier alpha value is -4.26. The highest BCUT2D eigenvalue weighted by Gasteiger charge is 2.63. The normalized spacial score (nSPS) is 22.3. The van der Waals surface area contributed by atoms with Gasteiger partial charge in [-0.2, -0.15) is 8.42 Å². The van der Waals surface area contributed by atoms with E-state index in [-0.39, 0.29) is 17.4 Å². The van der Waals surface area contributed by atoms with Crippen LogP contribution in [0.4, 0.5) is 0 Å². The van der Waals surface area contributed by atoms with Gasteiger partial charge in [-0.1, -0.05) is 31.4 Å². The largest absolute Gasteiger partial charge is 0.497 e. The summed E-state index contributed by atoms with van der Waals surface area (Å²) in [5.41, 5.74) is 6.30. The fraction of sp³-hybridized carbons (Fsp3) is 0.462. The standard InChI is InChI=1S/C39H46N6O5S/c1-40-51(48,49)42-37(46)28-11-13-31-34(20-28)45-25-39(38(47)44-17-7-16-43(18-19-44)24-26-8-6-15-41-23-26)22-33(39)32-21-29(50-2)12-14-30(32)36(45)35(31)27-9-4-3-5-10-27/h6,8,11-15,20-21,23,27,33,40H,3-5,7,9-10,16-19,22,24-25H2,1-2H3,(H,42,46). The molecule has 0 radical (unpaired) electrons. The number of carbonyl (C=O) groups excluding carboxylic acids is 2. The van der Waals surface area contributed by atoms with Crippen LogP contribution in [0.3, 0.4) is 0 Å². The molecule has 268 valence electrons. The van der Waals surface area contributed by atoms with Crippen molar-refractivity contribution in [2.45, 2.75) is 69.9 Å². The molecule has 4 aliphatic rings. The second-order valence-electron chi connectivity index (χ2n) is 14.7. The summed E-state index contributed by atoms with van der Waals surface area (Å²) in [4.78, 5) is 37.0. The minimum absolute atomic E-state index is 0.0336. The summed E-state index contributed by atoms with van der Waals surface area (Å²) >= 11 is 0. The van der Waals surface area contributed by atoms with Gasteiger partial charge in [0.15, 0.2) is 0 Å². The fourth-order valence-electron chi connectivity index (χ4n) is 9.05. The molecule has 8 rings (SSSR count). The van der Waals surface area contributed by atoms with Crippen molar-refractivity contribution in [3.8, 4) is 17.0 Å². The first-order valence-electron chi connectivity index (χ1n) is 18.2. The second-order valence-corrected chi connectivity index (χ2v) is 16.3. The molecule has 4 aromatic rings. The van der Waals surface area contributed by atoms with E-state index in [1.165, 1.54) is 24.6 Å². The van der Waals surface area contributed by atoms with Gasteiger partial charge in [0, 0.05) is 86.7 Å². The topological polar surface area (TPSA) is 126 Å². The molecule has 2 aromatic carbocycles. The minimum atomic E-state index is -3.99. The van der Waals surface area contributed by atoms with Crippen LogP contribution >= 0.6 is 0 Å². The second kappa shape index (κ2) is 13.4. The molecule has 4 heterocycles. The smallest absolute Gasteiger partial charge is 0.301 e. The number of hydrogen-bond acceptors (Lipinski definition) is 7. The number of amides is 2. The average Bonchev–Trinajstić information content (AvgIpc) is 3.88. The number of fused-ring (bicyclic) bond motifs is 7. The minimum Gasteiger partial charge on any atom is -0.497 e.